The number of sulfone groups is 1. The number of hydrogen-bond donors (Lipinski definition) is 2. The number of rotatable bonds is 11. The lowest BCUT2D eigenvalue weighted by Crippen LogP contribution is -2.29. The average Bonchev–Trinajstić information content (AvgIpc) is 2.62. The summed E-state index contributed by atoms with van der Waals surface area (Å²) in [6.45, 7) is 11.4. The molecule has 0 aromatic carbocycles. The number of aliphatic imine (C=N–C) groups is 1. The summed E-state index contributed by atoms with van der Waals surface area (Å²) in [6, 6.07) is 0. The Morgan fingerprint density at radius 1 is 1.24 bits per heavy atom. The molecule has 0 radical (unpaired) electrons. The van der Waals surface area contributed by atoms with Gasteiger partial charge in [-0.25, -0.2) is 8.42 Å². The van der Waals surface area contributed by atoms with E-state index in [0.717, 1.165) is 30.8 Å². The lowest BCUT2D eigenvalue weighted by atomic mass is 9.65. The largest absolute Gasteiger partial charge is 0.370 e. The van der Waals surface area contributed by atoms with Gasteiger partial charge in [0.15, 0.2) is 15.8 Å². The molecular weight excluding hydrogens is 382 g/mol. The van der Waals surface area contributed by atoms with Crippen molar-refractivity contribution < 1.29 is 8.42 Å². The molecule has 6 heteroatoms. The van der Waals surface area contributed by atoms with Crippen LogP contribution in [0, 0.1) is 11.3 Å². The second-order valence-corrected chi connectivity index (χ2v) is 11.1. The predicted molar refractivity (Wildman–Crippen MR) is 126 cm³/mol. The van der Waals surface area contributed by atoms with E-state index in [1.165, 1.54) is 24.8 Å². The predicted octanol–water partition coefficient (Wildman–Crippen LogP) is 4.51. The molecule has 4 N–H and O–H groups in total. The number of hydrogen-bond acceptors (Lipinski definition) is 3. The quantitative estimate of drug-likeness (QED) is 0.290. The molecule has 5 nitrogen and oxygen atoms in total. The second-order valence-electron chi connectivity index (χ2n) is 8.84. The van der Waals surface area contributed by atoms with Crippen LogP contribution in [0.2, 0.25) is 0 Å². The summed E-state index contributed by atoms with van der Waals surface area (Å²) in [7, 11) is -3.17. The van der Waals surface area contributed by atoms with Crippen molar-refractivity contribution in [1.29, 1.82) is 0 Å². The molecular formula is C23H41N3O2S. The van der Waals surface area contributed by atoms with Crippen LogP contribution >= 0.6 is 0 Å². The standard InChI is InChI=1S/C23H41N3O2S/c1-18(12-14-23(5)20(3)10-7-11-21(23)4)8-6-9-19(2)13-16-29(27,28)17-15-26-22(24)25/h8,10,13,21H,6-7,9,11-12,14-17H2,1-5H3,(H4,24,25,26)/b18-8+,19-13+. The van der Waals surface area contributed by atoms with Crippen LogP contribution in [0.15, 0.2) is 39.9 Å². The molecule has 1 rings (SSSR count). The van der Waals surface area contributed by atoms with Gasteiger partial charge in [0.2, 0.25) is 0 Å². The first-order chi connectivity index (χ1) is 13.5. The lowest BCUT2D eigenvalue weighted by molar-refractivity contribution is 0.211. The SMILES string of the molecule is CC1=CCCC(C)C1(C)CC/C(C)=C/CC/C(C)=C/CS(=O)(=O)CCN=C(N)N. The van der Waals surface area contributed by atoms with Gasteiger partial charge in [-0.05, 0) is 70.6 Å². The monoisotopic (exact) mass is 423 g/mol. The van der Waals surface area contributed by atoms with Gasteiger partial charge in [0, 0.05) is 0 Å². The van der Waals surface area contributed by atoms with Gasteiger partial charge in [0.1, 0.15) is 0 Å². The molecule has 1 aliphatic rings. The first-order valence-electron chi connectivity index (χ1n) is 10.7. The molecule has 0 saturated carbocycles. The molecule has 1 aliphatic carbocycles. The van der Waals surface area contributed by atoms with E-state index in [4.69, 9.17) is 11.5 Å². The van der Waals surface area contributed by atoms with Crippen LogP contribution in [0.4, 0.5) is 0 Å². The van der Waals surface area contributed by atoms with Gasteiger partial charge in [-0.1, -0.05) is 48.8 Å². The average molecular weight is 424 g/mol. The van der Waals surface area contributed by atoms with Crippen LogP contribution in [-0.4, -0.2) is 32.4 Å². The van der Waals surface area contributed by atoms with Crippen molar-refractivity contribution in [1.82, 2.24) is 0 Å². The maximum Gasteiger partial charge on any atom is 0.185 e. The molecule has 0 spiro atoms. The normalized spacial score (nSPS) is 23.6. The van der Waals surface area contributed by atoms with E-state index in [1.807, 2.05) is 13.0 Å². The Kier molecular flexibility index (Phi) is 10.2. The maximum absolute atomic E-state index is 12.0. The minimum absolute atomic E-state index is 0.0290. The van der Waals surface area contributed by atoms with Crippen molar-refractivity contribution in [2.75, 3.05) is 18.1 Å². The van der Waals surface area contributed by atoms with Gasteiger partial charge in [0.05, 0.1) is 18.1 Å². The van der Waals surface area contributed by atoms with E-state index in [1.54, 1.807) is 5.57 Å². The second kappa shape index (κ2) is 11.6. The minimum Gasteiger partial charge on any atom is -0.370 e. The molecule has 0 amide bonds. The summed E-state index contributed by atoms with van der Waals surface area (Å²) in [6.07, 6.45) is 13.2. The topological polar surface area (TPSA) is 98.5 Å². The smallest absolute Gasteiger partial charge is 0.185 e. The third-order valence-electron chi connectivity index (χ3n) is 6.49. The molecule has 0 fully saturated rings. The molecule has 0 heterocycles. The van der Waals surface area contributed by atoms with Crippen molar-refractivity contribution in [2.24, 2.45) is 27.8 Å². The molecule has 0 aromatic rings. The van der Waals surface area contributed by atoms with Gasteiger partial charge in [-0.2, -0.15) is 0 Å². The highest BCUT2D eigenvalue weighted by Gasteiger charge is 2.34. The summed E-state index contributed by atoms with van der Waals surface area (Å²) in [4.78, 5) is 3.73. The van der Waals surface area contributed by atoms with Gasteiger partial charge in [0.25, 0.3) is 0 Å². The summed E-state index contributed by atoms with van der Waals surface area (Å²) >= 11 is 0. The van der Waals surface area contributed by atoms with E-state index >= 15 is 0 Å². The fourth-order valence-corrected chi connectivity index (χ4v) is 4.88. The first-order valence-corrected chi connectivity index (χ1v) is 12.5. The zero-order valence-corrected chi connectivity index (χ0v) is 19.8. The first kappa shape index (κ1) is 25.5. The Hall–Kier alpha value is -1.56. The van der Waals surface area contributed by atoms with E-state index in [9.17, 15) is 8.42 Å². The van der Waals surface area contributed by atoms with E-state index < -0.39 is 9.84 Å². The molecule has 0 bridgehead atoms. The molecule has 2 atom stereocenters. The Morgan fingerprint density at radius 2 is 1.90 bits per heavy atom. The minimum atomic E-state index is -3.17. The summed E-state index contributed by atoms with van der Waals surface area (Å²) in [5.74, 6) is 0.675. The molecule has 166 valence electrons. The molecule has 0 aliphatic heterocycles. The molecule has 0 saturated heterocycles. The lowest BCUT2D eigenvalue weighted by Gasteiger charge is -2.40. The Labute approximate surface area is 178 Å². The Balaban J connectivity index is 2.45. The van der Waals surface area contributed by atoms with Crippen LogP contribution in [0.25, 0.3) is 0 Å². The van der Waals surface area contributed by atoms with Gasteiger partial charge in [-0.3, -0.25) is 4.99 Å². The van der Waals surface area contributed by atoms with E-state index in [0.29, 0.717) is 5.41 Å². The van der Waals surface area contributed by atoms with Crippen LogP contribution in [0.3, 0.4) is 0 Å². The third-order valence-corrected chi connectivity index (χ3v) is 7.97. The number of nitrogens with zero attached hydrogens (tertiary/aromatic N) is 1. The van der Waals surface area contributed by atoms with Crippen LogP contribution in [0.1, 0.15) is 73.1 Å². The highest BCUT2D eigenvalue weighted by molar-refractivity contribution is 7.91. The molecule has 29 heavy (non-hydrogen) atoms. The van der Waals surface area contributed by atoms with Crippen molar-refractivity contribution in [3.05, 3.63) is 34.9 Å². The Morgan fingerprint density at radius 3 is 2.52 bits per heavy atom. The maximum atomic E-state index is 12.0. The molecule has 0 aromatic heterocycles. The summed E-state index contributed by atoms with van der Waals surface area (Å²) < 4.78 is 24.0. The van der Waals surface area contributed by atoms with Gasteiger partial charge < -0.3 is 11.5 Å². The number of guanidine groups is 1. The van der Waals surface area contributed by atoms with Crippen LogP contribution in [-0.2, 0) is 9.84 Å². The van der Waals surface area contributed by atoms with E-state index in [-0.39, 0.29) is 24.0 Å². The van der Waals surface area contributed by atoms with Crippen molar-refractivity contribution in [3.63, 3.8) is 0 Å². The summed E-state index contributed by atoms with van der Waals surface area (Å²) in [5.41, 5.74) is 14.8. The fraction of sp³-hybridized carbons (Fsp3) is 0.696. The number of nitrogens with two attached hydrogens (primary N) is 2. The van der Waals surface area contributed by atoms with Crippen molar-refractivity contribution in [3.8, 4) is 0 Å². The third kappa shape index (κ3) is 9.20. The zero-order chi connectivity index (χ0) is 22.1. The Bertz CT molecular complexity index is 759. The summed E-state index contributed by atoms with van der Waals surface area (Å²) in [5, 5.41) is 0. The highest BCUT2D eigenvalue weighted by atomic mass is 32.2. The fourth-order valence-electron chi connectivity index (χ4n) is 3.81. The van der Waals surface area contributed by atoms with Crippen molar-refractivity contribution in [2.45, 2.75) is 73.1 Å². The number of allylic oxidation sites excluding steroid dienone is 5. The van der Waals surface area contributed by atoms with Gasteiger partial charge in [-0.15, -0.1) is 0 Å². The van der Waals surface area contributed by atoms with Gasteiger partial charge >= 0.3 is 0 Å². The van der Waals surface area contributed by atoms with Crippen molar-refractivity contribution >= 4 is 15.8 Å². The molecule has 2 unspecified atom stereocenters. The van der Waals surface area contributed by atoms with Crippen LogP contribution in [0.5, 0.6) is 0 Å². The highest BCUT2D eigenvalue weighted by Crippen LogP contribution is 2.45. The van der Waals surface area contributed by atoms with Crippen LogP contribution < -0.4 is 11.5 Å². The zero-order valence-electron chi connectivity index (χ0n) is 19.0. The van der Waals surface area contributed by atoms with E-state index in [2.05, 4.69) is 44.8 Å².